The number of oxazole rings is 1. The van der Waals surface area contributed by atoms with Crippen LogP contribution in [0.2, 0.25) is 0 Å². The van der Waals surface area contributed by atoms with Crippen LogP contribution in [-0.4, -0.2) is 18.1 Å². The largest absolute Gasteiger partial charge is 0.493 e. The van der Waals surface area contributed by atoms with E-state index in [4.69, 9.17) is 14.9 Å². The molecule has 0 radical (unpaired) electrons. The van der Waals surface area contributed by atoms with Gasteiger partial charge in [0.15, 0.2) is 5.89 Å². The molecule has 0 aliphatic heterocycles. The van der Waals surface area contributed by atoms with Gasteiger partial charge in [0.2, 0.25) is 0 Å². The van der Waals surface area contributed by atoms with Gasteiger partial charge in [0.05, 0.1) is 18.7 Å². The van der Waals surface area contributed by atoms with Gasteiger partial charge in [0.1, 0.15) is 11.5 Å². The highest BCUT2D eigenvalue weighted by Crippen LogP contribution is 2.12. The number of aryl methyl sites for hydroxylation is 1. The van der Waals surface area contributed by atoms with Gasteiger partial charge in [-0.05, 0) is 25.6 Å². The van der Waals surface area contributed by atoms with Crippen LogP contribution in [0, 0.1) is 6.92 Å². The molecule has 0 amide bonds. The predicted molar refractivity (Wildman–Crippen MR) is 69.6 cm³/mol. The molecule has 0 aliphatic rings. The van der Waals surface area contributed by atoms with Crippen molar-refractivity contribution in [1.29, 1.82) is 0 Å². The van der Waals surface area contributed by atoms with Gasteiger partial charge in [0.25, 0.3) is 0 Å². The molecule has 18 heavy (non-hydrogen) atoms. The summed E-state index contributed by atoms with van der Waals surface area (Å²) >= 11 is 0. The molecule has 0 bridgehead atoms. The molecule has 0 unspecified atom stereocenters. The molecule has 2 aromatic rings. The van der Waals surface area contributed by atoms with E-state index in [1.807, 2.05) is 37.3 Å². The van der Waals surface area contributed by atoms with Crippen molar-refractivity contribution in [3.05, 3.63) is 47.7 Å². The fourth-order valence-electron chi connectivity index (χ4n) is 1.74. The number of ether oxygens (including phenoxy) is 1. The average Bonchev–Trinajstić information content (AvgIpc) is 2.72. The zero-order valence-corrected chi connectivity index (χ0v) is 10.6. The lowest BCUT2D eigenvalue weighted by Gasteiger charge is -2.03. The highest BCUT2D eigenvalue weighted by atomic mass is 16.5. The second-order valence-electron chi connectivity index (χ2n) is 4.06. The van der Waals surface area contributed by atoms with Crippen molar-refractivity contribution in [3.63, 3.8) is 0 Å². The Bertz CT molecular complexity index is 480. The Hall–Kier alpha value is -1.81. The number of para-hydroxylation sites is 1. The predicted octanol–water partition coefficient (Wildman–Crippen LogP) is 2.11. The molecular weight excluding hydrogens is 228 g/mol. The van der Waals surface area contributed by atoms with Crippen LogP contribution in [0.4, 0.5) is 0 Å². The Morgan fingerprint density at radius 2 is 2.00 bits per heavy atom. The molecule has 1 aromatic carbocycles. The van der Waals surface area contributed by atoms with Gasteiger partial charge in [-0.3, -0.25) is 0 Å². The van der Waals surface area contributed by atoms with Crippen LogP contribution < -0.4 is 10.5 Å². The second kappa shape index (κ2) is 6.21. The molecule has 0 aliphatic carbocycles. The van der Waals surface area contributed by atoms with Crippen LogP contribution in [0.1, 0.15) is 17.3 Å². The van der Waals surface area contributed by atoms with E-state index in [1.165, 1.54) is 0 Å². The van der Waals surface area contributed by atoms with Gasteiger partial charge in [0, 0.05) is 6.42 Å². The van der Waals surface area contributed by atoms with Crippen molar-refractivity contribution in [1.82, 2.24) is 4.98 Å². The third-order valence-electron chi connectivity index (χ3n) is 2.65. The number of hydrogen-bond acceptors (Lipinski definition) is 4. The maximum Gasteiger partial charge on any atom is 0.198 e. The van der Waals surface area contributed by atoms with E-state index in [9.17, 15) is 0 Å². The molecule has 4 heteroatoms. The van der Waals surface area contributed by atoms with Gasteiger partial charge in [-0.1, -0.05) is 18.2 Å². The minimum Gasteiger partial charge on any atom is -0.493 e. The average molecular weight is 246 g/mol. The number of hydrogen-bond donors (Lipinski definition) is 1. The van der Waals surface area contributed by atoms with Crippen molar-refractivity contribution in [2.24, 2.45) is 5.73 Å². The molecule has 4 nitrogen and oxygen atoms in total. The first-order chi connectivity index (χ1) is 8.79. The molecule has 1 aromatic heterocycles. The summed E-state index contributed by atoms with van der Waals surface area (Å²) in [6, 6.07) is 9.72. The third kappa shape index (κ3) is 3.34. The normalized spacial score (nSPS) is 10.6. The Morgan fingerprint density at radius 1 is 1.22 bits per heavy atom. The van der Waals surface area contributed by atoms with E-state index in [1.54, 1.807) is 0 Å². The maximum atomic E-state index is 5.59. The van der Waals surface area contributed by atoms with Gasteiger partial charge in [-0.25, -0.2) is 4.98 Å². The Morgan fingerprint density at radius 3 is 2.72 bits per heavy atom. The van der Waals surface area contributed by atoms with Crippen molar-refractivity contribution >= 4 is 0 Å². The van der Waals surface area contributed by atoms with Gasteiger partial charge in [-0.15, -0.1) is 0 Å². The van der Waals surface area contributed by atoms with Crippen LogP contribution in [-0.2, 0) is 12.8 Å². The SMILES string of the molecule is Cc1oc(CCOc2ccccc2)nc1CCN. The summed E-state index contributed by atoms with van der Waals surface area (Å²) in [5.41, 5.74) is 6.46. The molecule has 96 valence electrons. The van der Waals surface area contributed by atoms with Crippen molar-refractivity contribution in [2.45, 2.75) is 19.8 Å². The van der Waals surface area contributed by atoms with E-state index >= 15 is 0 Å². The molecule has 0 fully saturated rings. The number of rotatable bonds is 6. The van der Waals surface area contributed by atoms with Gasteiger partial charge in [-0.2, -0.15) is 0 Å². The summed E-state index contributed by atoms with van der Waals surface area (Å²) < 4.78 is 11.2. The monoisotopic (exact) mass is 246 g/mol. The molecule has 1 heterocycles. The Balaban J connectivity index is 1.85. The summed E-state index contributed by atoms with van der Waals surface area (Å²) in [4.78, 5) is 4.40. The highest BCUT2D eigenvalue weighted by molar-refractivity contribution is 5.20. The zero-order chi connectivity index (χ0) is 12.8. The molecule has 0 atom stereocenters. The lowest BCUT2D eigenvalue weighted by atomic mass is 10.3. The molecule has 2 N–H and O–H groups in total. The summed E-state index contributed by atoms with van der Waals surface area (Å²) in [6.07, 6.45) is 1.43. The highest BCUT2D eigenvalue weighted by Gasteiger charge is 2.08. The summed E-state index contributed by atoms with van der Waals surface area (Å²) in [6.45, 7) is 3.07. The van der Waals surface area contributed by atoms with E-state index in [2.05, 4.69) is 4.98 Å². The molecule has 0 spiro atoms. The summed E-state index contributed by atoms with van der Waals surface area (Å²) in [5, 5.41) is 0. The number of nitrogens with two attached hydrogens (primary N) is 1. The first kappa shape index (κ1) is 12.6. The van der Waals surface area contributed by atoms with Crippen LogP contribution in [0.15, 0.2) is 34.7 Å². The number of nitrogens with zero attached hydrogens (tertiary/aromatic N) is 1. The van der Waals surface area contributed by atoms with Crippen LogP contribution in [0.25, 0.3) is 0 Å². The molecule has 0 saturated carbocycles. The summed E-state index contributed by atoms with van der Waals surface area (Å²) in [7, 11) is 0. The number of benzene rings is 1. The Kier molecular flexibility index (Phi) is 4.36. The quantitative estimate of drug-likeness (QED) is 0.848. The fraction of sp³-hybridized carbons (Fsp3) is 0.357. The lowest BCUT2D eigenvalue weighted by molar-refractivity contribution is 0.304. The van der Waals surface area contributed by atoms with Gasteiger partial charge >= 0.3 is 0 Å². The van der Waals surface area contributed by atoms with Crippen LogP contribution >= 0.6 is 0 Å². The topological polar surface area (TPSA) is 61.3 Å². The van der Waals surface area contributed by atoms with Gasteiger partial charge < -0.3 is 14.9 Å². The fourth-order valence-corrected chi connectivity index (χ4v) is 1.74. The van der Waals surface area contributed by atoms with E-state index in [-0.39, 0.29) is 0 Å². The van der Waals surface area contributed by atoms with Crippen molar-refractivity contribution < 1.29 is 9.15 Å². The zero-order valence-electron chi connectivity index (χ0n) is 10.6. The lowest BCUT2D eigenvalue weighted by Crippen LogP contribution is -2.05. The molecular formula is C14H18N2O2. The number of aromatic nitrogens is 1. The van der Waals surface area contributed by atoms with Crippen molar-refractivity contribution in [2.75, 3.05) is 13.2 Å². The third-order valence-corrected chi connectivity index (χ3v) is 2.65. The smallest absolute Gasteiger partial charge is 0.198 e. The molecule has 2 rings (SSSR count). The second-order valence-corrected chi connectivity index (χ2v) is 4.06. The van der Waals surface area contributed by atoms with Crippen LogP contribution in [0.5, 0.6) is 5.75 Å². The maximum absolute atomic E-state index is 5.59. The van der Waals surface area contributed by atoms with E-state index in [0.29, 0.717) is 25.5 Å². The first-order valence-electron chi connectivity index (χ1n) is 6.12. The Labute approximate surface area is 107 Å². The first-order valence-corrected chi connectivity index (χ1v) is 6.12. The van der Waals surface area contributed by atoms with Crippen molar-refractivity contribution in [3.8, 4) is 5.75 Å². The minimum absolute atomic E-state index is 0.562. The van der Waals surface area contributed by atoms with Crippen LogP contribution in [0.3, 0.4) is 0 Å². The molecule has 0 saturated heterocycles. The standard InChI is InChI=1S/C14H18N2O2/c1-11-13(7-9-15)16-14(18-11)8-10-17-12-5-3-2-4-6-12/h2-6H,7-10,15H2,1H3. The van der Waals surface area contributed by atoms with E-state index < -0.39 is 0 Å². The van der Waals surface area contributed by atoms with E-state index in [0.717, 1.165) is 23.6 Å². The summed E-state index contributed by atoms with van der Waals surface area (Å²) in [5.74, 6) is 2.44. The minimum atomic E-state index is 0.562.